The Hall–Kier alpha value is -1.37. The van der Waals surface area contributed by atoms with Gasteiger partial charge < -0.3 is 10.4 Å². The minimum Gasteiger partial charge on any atom is -0.391 e. The van der Waals surface area contributed by atoms with Crippen molar-refractivity contribution in [3.8, 4) is 0 Å². The minimum atomic E-state index is -4.18. The van der Waals surface area contributed by atoms with Gasteiger partial charge in [0.2, 0.25) is 5.95 Å². The Morgan fingerprint density at radius 2 is 2.16 bits per heavy atom. The lowest BCUT2D eigenvalue weighted by Gasteiger charge is -2.16. The maximum atomic E-state index is 12.1. The molecule has 1 saturated carbocycles. The Kier molecular flexibility index (Phi) is 4.24. The number of rotatable bonds is 4. The molecule has 1 heterocycles. The molecule has 2 N–H and O–H groups in total. The summed E-state index contributed by atoms with van der Waals surface area (Å²) in [6.45, 7) is 0. The quantitative estimate of drug-likeness (QED) is 0.885. The highest BCUT2D eigenvalue weighted by Crippen LogP contribution is 2.23. The maximum Gasteiger partial charge on any atom is 0.389 e. The minimum absolute atomic E-state index is 0.113. The summed E-state index contributed by atoms with van der Waals surface area (Å²) in [5, 5.41) is 12.6. The Morgan fingerprint density at radius 3 is 2.79 bits per heavy atom. The van der Waals surface area contributed by atoms with E-state index in [1.807, 2.05) is 0 Å². The summed E-state index contributed by atoms with van der Waals surface area (Å²) < 4.78 is 36.4. The van der Waals surface area contributed by atoms with Crippen LogP contribution in [0.2, 0.25) is 0 Å². The summed E-state index contributed by atoms with van der Waals surface area (Å²) >= 11 is 0. The van der Waals surface area contributed by atoms with Gasteiger partial charge in [-0.15, -0.1) is 0 Å². The SMILES string of the molecule is O[C@@H]1CCC[C@@H]1Nc1nccc(CCC(F)(F)F)n1. The third-order valence-electron chi connectivity index (χ3n) is 3.17. The second-order valence-electron chi connectivity index (χ2n) is 4.74. The molecule has 0 unspecified atom stereocenters. The molecule has 0 aromatic carbocycles. The highest BCUT2D eigenvalue weighted by molar-refractivity contribution is 5.28. The monoisotopic (exact) mass is 275 g/mol. The molecule has 7 heteroatoms. The van der Waals surface area contributed by atoms with E-state index in [-0.39, 0.29) is 18.4 Å². The maximum absolute atomic E-state index is 12.1. The third kappa shape index (κ3) is 4.34. The van der Waals surface area contributed by atoms with Crippen molar-refractivity contribution in [3.63, 3.8) is 0 Å². The van der Waals surface area contributed by atoms with E-state index in [1.54, 1.807) is 0 Å². The summed E-state index contributed by atoms with van der Waals surface area (Å²) in [6.07, 6.45) is -1.77. The molecular formula is C12H16F3N3O. The van der Waals surface area contributed by atoms with E-state index in [1.165, 1.54) is 12.3 Å². The van der Waals surface area contributed by atoms with Crippen LogP contribution in [0.3, 0.4) is 0 Å². The van der Waals surface area contributed by atoms with Gasteiger partial charge in [0.15, 0.2) is 0 Å². The Morgan fingerprint density at radius 1 is 1.37 bits per heavy atom. The molecule has 1 aromatic rings. The largest absolute Gasteiger partial charge is 0.391 e. The number of aryl methyl sites for hydroxylation is 1. The molecule has 1 aliphatic carbocycles. The highest BCUT2D eigenvalue weighted by atomic mass is 19.4. The van der Waals surface area contributed by atoms with Crippen molar-refractivity contribution in [2.45, 2.75) is 50.4 Å². The fraction of sp³-hybridized carbons (Fsp3) is 0.667. The zero-order valence-electron chi connectivity index (χ0n) is 10.3. The predicted octanol–water partition coefficient (Wildman–Crippen LogP) is 2.30. The summed E-state index contributed by atoms with van der Waals surface area (Å²) in [5.41, 5.74) is 0.349. The van der Waals surface area contributed by atoms with E-state index in [2.05, 4.69) is 15.3 Å². The lowest BCUT2D eigenvalue weighted by Crippen LogP contribution is -2.29. The molecule has 1 aromatic heterocycles. The van der Waals surface area contributed by atoms with Gasteiger partial charge in [-0.2, -0.15) is 13.2 Å². The van der Waals surface area contributed by atoms with E-state index in [4.69, 9.17) is 0 Å². The van der Waals surface area contributed by atoms with Gasteiger partial charge in [-0.25, -0.2) is 9.97 Å². The number of aliphatic hydroxyl groups is 1. The number of aliphatic hydroxyl groups excluding tert-OH is 1. The Labute approximate surface area is 109 Å². The van der Waals surface area contributed by atoms with Crippen LogP contribution in [0.25, 0.3) is 0 Å². The van der Waals surface area contributed by atoms with Gasteiger partial charge in [-0.3, -0.25) is 0 Å². The molecule has 0 aliphatic heterocycles. The zero-order chi connectivity index (χ0) is 13.9. The van der Waals surface area contributed by atoms with Crippen molar-refractivity contribution in [3.05, 3.63) is 18.0 Å². The summed E-state index contributed by atoms with van der Waals surface area (Å²) in [4.78, 5) is 8.01. The lowest BCUT2D eigenvalue weighted by molar-refractivity contribution is -0.134. The van der Waals surface area contributed by atoms with Crippen molar-refractivity contribution in [1.82, 2.24) is 9.97 Å². The van der Waals surface area contributed by atoms with Crippen LogP contribution in [0.5, 0.6) is 0 Å². The van der Waals surface area contributed by atoms with Gasteiger partial charge in [-0.05, 0) is 31.7 Å². The number of halogens is 3. The van der Waals surface area contributed by atoms with Crippen LogP contribution >= 0.6 is 0 Å². The molecule has 106 valence electrons. The molecule has 0 spiro atoms. The predicted molar refractivity (Wildman–Crippen MR) is 63.7 cm³/mol. The van der Waals surface area contributed by atoms with Crippen LogP contribution in [0, 0.1) is 0 Å². The number of nitrogens with zero attached hydrogens (tertiary/aromatic N) is 2. The zero-order valence-corrected chi connectivity index (χ0v) is 10.3. The fourth-order valence-electron chi connectivity index (χ4n) is 2.15. The van der Waals surface area contributed by atoms with Gasteiger partial charge in [-0.1, -0.05) is 0 Å². The lowest BCUT2D eigenvalue weighted by atomic mass is 10.2. The van der Waals surface area contributed by atoms with Gasteiger partial charge >= 0.3 is 6.18 Å². The number of aromatic nitrogens is 2. The highest BCUT2D eigenvalue weighted by Gasteiger charge is 2.27. The Bertz CT molecular complexity index is 425. The second-order valence-corrected chi connectivity index (χ2v) is 4.74. The van der Waals surface area contributed by atoms with Crippen LogP contribution in [0.4, 0.5) is 19.1 Å². The normalized spacial score (nSPS) is 23.6. The number of anilines is 1. The summed E-state index contributed by atoms with van der Waals surface area (Å²) in [7, 11) is 0. The van der Waals surface area contributed by atoms with Crippen molar-refractivity contribution < 1.29 is 18.3 Å². The van der Waals surface area contributed by atoms with E-state index >= 15 is 0 Å². The van der Waals surface area contributed by atoms with Crippen LogP contribution in [0.1, 0.15) is 31.4 Å². The van der Waals surface area contributed by atoms with Crippen molar-refractivity contribution in [2.24, 2.45) is 0 Å². The molecule has 4 nitrogen and oxygen atoms in total. The van der Waals surface area contributed by atoms with Gasteiger partial charge in [0.25, 0.3) is 0 Å². The molecule has 0 saturated heterocycles. The van der Waals surface area contributed by atoms with Crippen LogP contribution in [-0.2, 0) is 6.42 Å². The van der Waals surface area contributed by atoms with E-state index in [9.17, 15) is 18.3 Å². The van der Waals surface area contributed by atoms with Gasteiger partial charge in [0.05, 0.1) is 12.1 Å². The van der Waals surface area contributed by atoms with Crippen LogP contribution in [-0.4, -0.2) is 33.4 Å². The number of nitrogens with one attached hydrogen (secondary N) is 1. The summed E-state index contributed by atoms with van der Waals surface area (Å²) in [6, 6.07) is 1.36. The van der Waals surface area contributed by atoms with E-state index in [0.717, 1.165) is 19.3 Å². The molecule has 0 radical (unpaired) electrons. The second kappa shape index (κ2) is 5.73. The van der Waals surface area contributed by atoms with Crippen molar-refractivity contribution >= 4 is 5.95 Å². The summed E-state index contributed by atoms with van der Waals surface area (Å²) in [5.74, 6) is 0.283. The first-order valence-corrected chi connectivity index (χ1v) is 6.27. The topological polar surface area (TPSA) is 58.0 Å². The molecule has 19 heavy (non-hydrogen) atoms. The number of alkyl halides is 3. The average molecular weight is 275 g/mol. The van der Waals surface area contributed by atoms with Gasteiger partial charge in [0.1, 0.15) is 0 Å². The molecular weight excluding hydrogens is 259 g/mol. The van der Waals surface area contributed by atoms with E-state index in [0.29, 0.717) is 5.69 Å². The first-order valence-electron chi connectivity index (χ1n) is 6.27. The van der Waals surface area contributed by atoms with Crippen molar-refractivity contribution in [2.75, 3.05) is 5.32 Å². The molecule has 2 rings (SSSR count). The van der Waals surface area contributed by atoms with Crippen LogP contribution in [0.15, 0.2) is 12.3 Å². The molecule has 1 fully saturated rings. The first-order chi connectivity index (χ1) is 8.94. The van der Waals surface area contributed by atoms with E-state index < -0.39 is 18.7 Å². The molecule has 0 amide bonds. The average Bonchev–Trinajstić information content (AvgIpc) is 2.72. The van der Waals surface area contributed by atoms with Gasteiger partial charge in [0, 0.05) is 18.3 Å². The number of hydrogen-bond donors (Lipinski definition) is 2. The first kappa shape index (κ1) is 14.0. The number of hydrogen-bond acceptors (Lipinski definition) is 4. The Balaban J connectivity index is 1.95. The van der Waals surface area contributed by atoms with Crippen molar-refractivity contribution in [1.29, 1.82) is 0 Å². The third-order valence-corrected chi connectivity index (χ3v) is 3.17. The standard InChI is InChI=1S/C12H16F3N3O/c13-12(14,15)6-4-8-5-7-16-11(17-8)18-9-2-1-3-10(9)19/h5,7,9-10,19H,1-4,6H2,(H,16,17,18)/t9-,10+/m0/s1. The molecule has 0 bridgehead atoms. The van der Waals surface area contributed by atoms with Crippen LogP contribution < -0.4 is 5.32 Å². The smallest absolute Gasteiger partial charge is 0.389 e. The molecule has 1 aliphatic rings. The molecule has 2 atom stereocenters. The fourth-order valence-corrected chi connectivity index (χ4v) is 2.15.